The van der Waals surface area contributed by atoms with Crippen LogP contribution in [0.25, 0.3) is 0 Å². The molecule has 5 nitrogen and oxygen atoms in total. The molecule has 0 bridgehead atoms. The Morgan fingerprint density at radius 1 is 1.14 bits per heavy atom. The molecule has 1 heterocycles. The van der Waals surface area contributed by atoms with Gasteiger partial charge in [-0.25, -0.2) is 4.68 Å². The van der Waals surface area contributed by atoms with Crippen LogP contribution in [-0.4, -0.2) is 21.1 Å². The first-order chi connectivity index (χ1) is 10.3. The monoisotopic (exact) mass is 277 g/mol. The van der Waals surface area contributed by atoms with Gasteiger partial charge in [0.2, 0.25) is 0 Å². The molecule has 3 rings (SSSR count). The fourth-order valence-corrected chi connectivity index (χ4v) is 1.88. The summed E-state index contributed by atoms with van der Waals surface area (Å²) in [4.78, 5) is 4.49. The second-order valence-corrected chi connectivity index (χ2v) is 4.67. The summed E-state index contributed by atoms with van der Waals surface area (Å²) in [6.07, 6.45) is 13.0. The molecule has 5 heteroatoms. The van der Waals surface area contributed by atoms with E-state index in [2.05, 4.69) is 39.7 Å². The minimum absolute atomic E-state index is 0.944. The summed E-state index contributed by atoms with van der Waals surface area (Å²) in [7, 11) is 0. The van der Waals surface area contributed by atoms with Crippen LogP contribution in [0.3, 0.4) is 0 Å². The zero-order chi connectivity index (χ0) is 14.5. The van der Waals surface area contributed by atoms with E-state index in [1.165, 1.54) is 5.56 Å². The minimum atomic E-state index is 0.944. The molecule has 0 saturated heterocycles. The van der Waals surface area contributed by atoms with Crippen molar-refractivity contribution in [3.63, 3.8) is 0 Å². The van der Waals surface area contributed by atoms with Crippen LogP contribution in [0.5, 0.6) is 0 Å². The van der Waals surface area contributed by atoms with E-state index in [0.29, 0.717) is 0 Å². The van der Waals surface area contributed by atoms with Crippen molar-refractivity contribution in [2.75, 3.05) is 5.43 Å². The summed E-state index contributed by atoms with van der Waals surface area (Å²) >= 11 is 0. The molecule has 104 valence electrons. The predicted molar refractivity (Wildman–Crippen MR) is 84.0 cm³/mol. The van der Waals surface area contributed by atoms with Gasteiger partial charge in [-0.2, -0.15) is 0 Å². The lowest BCUT2D eigenvalue weighted by atomic mass is 10.1. The van der Waals surface area contributed by atoms with Crippen LogP contribution in [-0.2, 0) is 0 Å². The molecule has 1 aromatic carbocycles. The van der Waals surface area contributed by atoms with Gasteiger partial charge in [0.15, 0.2) is 0 Å². The standard InChI is InChI=1S/C16H15N5/c1-13-5-7-16(8-6-13)17-9-14-3-2-4-15(14)10-20-21-11-18-19-12-21/h2-12,20H,1H3/b15-10+,17-9?. The van der Waals surface area contributed by atoms with E-state index in [1.807, 2.05) is 42.8 Å². The van der Waals surface area contributed by atoms with Crippen LogP contribution in [0.1, 0.15) is 5.56 Å². The summed E-state index contributed by atoms with van der Waals surface area (Å²) in [5, 5.41) is 7.46. The highest BCUT2D eigenvalue weighted by Gasteiger charge is 2.03. The minimum Gasteiger partial charge on any atom is -0.299 e. The third kappa shape index (κ3) is 3.33. The molecule has 2 aromatic rings. The van der Waals surface area contributed by atoms with Crippen LogP contribution in [0.2, 0.25) is 0 Å². The quantitative estimate of drug-likeness (QED) is 0.874. The number of allylic oxidation sites excluding steroid dienone is 5. The second-order valence-electron chi connectivity index (χ2n) is 4.67. The molecule has 0 amide bonds. The largest absolute Gasteiger partial charge is 0.299 e. The van der Waals surface area contributed by atoms with E-state index in [4.69, 9.17) is 0 Å². The molecule has 0 unspecified atom stereocenters. The molecule has 0 radical (unpaired) electrons. The first-order valence-corrected chi connectivity index (χ1v) is 6.62. The normalized spacial score (nSPS) is 15.9. The SMILES string of the molecule is Cc1ccc(N=CC2=CC=C/C2=C\Nn2cnnc2)cc1. The summed E-state index contributed by atoms with van der Waals surface area (Å²) in [5.74, 6) is 0. The Balaban J connectivity index is 1.70. The van der Waals surface area contributed by atoms with E-state index in [9.17, 15) is 0 Å². The van der Waals surface area contributed by atoms with Gasteiger partial charge in [-0.05, 0) is 19.1 Å². The summed E-state index contributed by atoms with van der Waals surface area (Å²) in [5.41, 5.74) is 7.36. The van der Waals surface area contributed by atoms with Gasteiger partial charge in [-0.3, -0.25) is 10.4 Å². The van der Waals surface area contributed by atoms with Crippen LogP contribution >= 0.6 is 0 Å². The predicted octanol–water partition coefficient (Wildman–Crippen LogP) is 2.91. The van der Waals surface area contributed by atoms with Crippen molar-refractivity contribution in [1.82, 2.24) is 14.9 Å². The van der Waals surface area contributed by atoms with Gasteiger partial charge in [-0.1, -0.05) is 35.9 Å². The van der Waals surface area contributed by atoms with Crippen molar-refractivity contribution in [2.45, 2.75) is 6.92 Å². The van der Waals surface area contributed by atoms with Crippen molar-refractivity contribution in [2.24, 2.45) is 4.99 Å². The lowest BCUT2D eigenvalue weighted by molar-refractivity contribution is 0.945. The maximum Gasteiger partial charge on any atom is 0.139 e. The second kappa shape index (κ2) is 6.00. The van der Waals surface area contributed by atoms with E-state index in [1.54, 1.807) is 17.3 Å². The number of benzene rings is 1. The number of nitrogens with zero attached hydrogens (tertiary/aromatic N) is 4. The molecule has 1 aromatic heterocycles. The molecule has 1 aliphatic carbocycles. The van der Waals surface area contributed by atoms with Gasteiger partial charge in [0, 0.05) is 23.6 Å². The molecular formula is C16H15N5. The lowest BCUT2D eigenvalue weighted by Gasteiger charge is -2.02. The Hall–Kier alpha value is -2.95. The summed E-state index contributed by atoms with van der Waals surface area (Å²) in [6.45, 7) is 2.06. The van der Waals surface area contributed by atoms with Gasteiger partial charge in [0.25, 0.3) is 0 Å². The Morgan fingerprint density at radius 3 is 2.67 bits per heavy atom. The Morgan fingerprint density at radius 2 is 1.90 bits per heavy atom. The number of hydrogen-bond donors (Lipinski definition) is 1. The highest BCUT2D eigenvalue weighted by molar-refractivity contribution is 5.89. The molecule has 0 fully saturated rings. The van der Waals surface area contributed by atoms with Crippen LogP contribution in [0, 0.1) is 6.92 Å². The Kier molecular flexibility index (Phi) is 3.73. The number of hydrogen-bond acceptors (Lipinski definition) is 4. The van der Waals surface area contributed by atoms with E-state index in [0.717, 1.165) is 16.8 Å². The molecule has 0 spiro atoms. The third-order valence-corrected chi connectivity index (χ3v) is 3.06. The molecule has 1 aliphatic rings. The molecule has 0 atom stereocenters. The first-order valence-electron chi connectivity index (χ1n) is 6.62. The maximum atomic E-state index is 4.49. The van der Waals surface area contributed by atoms with E-state index < -0.39 is 0 Å². The van der Waals surface area contributed by atoms with Crippen LogP contribution in [0.15, 0.2) is 77.5 Å². The zero-order valence-corrected chi connectivity index (χ0v) is 11.6. The third-order valence-electron chi connectivity index (χ3n) is 3.06. The average Bonchev–Trinajstić information content (AvgIpc) is 3.16. The number of aromatic nitrogens is 3. The Labute approximate surface area is 123 Å². The van der Waals surface area contributed by atoms with Gasteiger partial charge < -0.3 is 0 Å². The summed E-state index contributed by atoms with van der Waals surface area (Å²) in [6, 6.07) is 8.12. The van der Waals surface area contributed by atoms with Gasteiger partial charge in [-0.15, -0.1) is 10.2 Å². The fourth-order valence-electron chi connectivity index (χ4n) is 1.88. The van der Waals surface area contributed by atoms with E-state index >= 15 is 0 Å². The number of nitrogens with one attached hydrogen (secondary N) is 1. The maximum absolute atomic E-state index is 4.49. The molecule has 1 N–H and O–H groups in total. The average molecular weight is 277 g/mol. The lowest BCUT2D eigenvalue weighted by Crippen LogP contribution is -2.06. The van der Waals surface area contributed by atoms with Crippen molar-refractivity contribution in [3.8, 4) is 0 Å². The molecule has 21 heavy (non-hydrogen) atoms. The highest BCUT2D eigenvalue weighted by atomic mass is 15.5. The van der Waals surface area contributed by atoms with Crippen LogP contribution in [0.4, 0.5) is 5.69 Å². The van der Waals surface area contributed by atoms with Crippen LogP contribution < -0.4 is 5.43 Å². The van der Waals surface area contributed by atoms with E-state index in [-0.39, 0.29) is 0 Å². The topological polar surface area (TPSA) is 55.1 Å². The first kappa shape index (κ1) is 13.1. The van der Waals surface area contributed by atoms with Gasteiger partial charge in [0.05, 0.1) is 5.69 Å². The van der Waals surface area contributed by atoms with Crippen molar-refractivity contribution in [1.29, 1.82) is 0 Å². The highest BCUT2D eigenvalue weighted by Crippen LogP contribution is 2.18. The zero-order valence-electron chi connectivity index (χ0n) is 11.6. The van der Waals surface area contributed by atoms with Gasteiger partial charge in [0.1, 0.15) is 12.7 Å². The van der Waals surface area contributed by atoms with Crippen molar-refractivity contribution < 1.29 is 0 Å². The smallest absolute Gasteiger partial charge is 0.139 e. The summed E-state index contributed by atoms with van der Waals surface area (Å²) < 4.78 is 1.67. The fraction of sp³-hybridized carbons (Fsp3) is 0.0625. The number of aryl methyl sites for hydroxylation is 1. The Bertz CT molecular complexity index is 719. The molecular weight excluding hydrogens is 262 g/mol. The molecule has 0 aliphatic heterocycles. The van der Waals surface area contributed by atoms with Gasteiger partial charge >= 0.3 is 0 Å². The van der Waals surface area contributed by atoms with Crippen molar-refractivity contribution >= 4 is 11.9 Å². The number of aliphatic imine (C=N–C) groups is 1. The van der Waals surface area contributed by atoms with Crippen molar-refractivity contribution in [3.05, 3.63) is 78.1 Å². The number of rotatable bonds is 4. The molecule has 0 saturated carbocycles.